The molecule has 26 heavy (non-hydrogen) atoms. The number of amides is 3. The maximum absolute atomic E-state index is 12.0. The van der Waals surface area contributed by atoms with E-state index in [2.05, 4.69) is 5.32 Å². The van der Waals surface area contributed by atoms with Crippen LogP contribution in [0, 0.1) is 0 Å². The minimum Gasteiger partial charge on any atom is -0.464 e. The van der Waals surface area contributed by atoms with Gasteiger partial charge in [-0.25, -0.2) is 0 Å². The first kappa shape index (κ1) is 17.2. The van der Waals surface area contributed by atoms with E-state index in [1.807, 2.05) is 23.5 Å². The molecule has 132 valence electrons. The summed E-state index contributed by atoms with van der Waals surface area (Å²) in [5.74, 6) is -1.15. The van der Waals surface area contributed by atoms with Gasteiger partial charge in [0, 0.05) is 12.4 Å². The van der Waals surface area contributed by atoms with Gasteiger partial charge in [-0.1, -0.05) is 12.1 Å². The van der Waals surface area contributed by atoms with Crippen LogP contribution >= 0.6 is 0 Å². The number of nitrogens with one attached hydrogen (secondary N) is 2. The molecule has 0 spiro atoms. The zero-order valence-corrected chi connectivity index (χ0v) is 13.9. The molecule has 0 aliphatic heterocycles. The molecule has 1 unspecified atom stereocenters. The lowest BCUT2D eigenvalue weighted by atomic mass is 9.97. The van der Waals surface area contributed by atoms with Crippen molar-refractivity contribution in [2.24, 2.45) is 0 Å². The van der Waals surface area contributed by atoms with Crippen LogP contribution in [-0.2, 0) is 14.4 Å². The number of ether oxygens (including phenoxy) is 1. The van der Waals surface area contributed by atoms with E-state index in [-0.39, 0.29) is 6.41 Å². The fourth-order valence-corrected chi connectivity index (χ4v) is 2.58. The van der Waals surface area contributed by atoms with Gasteiger partial charge in [-0.05, 0) is 42.0 Å². The molecule has 0 saturated heterocycles. The summed E-state index contributed by atoms with van der Waals surface area (Å²) in [6.07, 6.45) is 1.86. The van der Waals surface area contributed by atoms with Crippen molar-refractivity contribution in [2.45, 2.75) is 5.92 Å². The minimum atomic E-state index is -1.12. The SMILES string of the molecule is CNC(=O)C(C(=O)NC=O)c1ccc(Oc2ccc3occc3c2)cc1. The Kier molecular flexibility index (Phi) is 4.98. The van der Waals surface area contributed by atoms with E-state index in [1.54, 1.807) is 36.6 Å². The Hall–Kier alpha value is -3.61. The van der Waals surface area contributed by atoms with Gasteiger partial charge in [-0.3, -0.25) is 19.7 Å². The summed E-state index contributed by atoms with van der Waals surface area (Å²) < 4.78 is 11.1. The molecule has 1 atom stereocenters. The number of carbonyl (C=O) groups excluding carboxylic acids is 3. The smallest absolute Gasteiger partial charge is 0.243 e. The second-order valence-electron chi connectivity index (χ2n) is 5.47. The minimum absolute atomic E-state index is 0.252. The molecule has 7 heteroatoms. The summed E-state index contributed by atoms with van der Waals surface area (Å²) in [6.45, 7) is 0. The van der Waals surface area contributed by atoms with Crippen LogP contribution in [0.3, 0.4) is 0 Å². The van der Waals surface area contributed by atoms with E-state index in [0.29, 0.717) is 17.1 Å². The van der Waals surface area contributed by atoms with Crippen LogP contribution in [0.5, 0.6) is 11.5 Å². The molecular formula is C19H16N2O5. The van der Waals surface area contributed by atoms with Crippen molar-refractivity contribution in [1.29, 1.82) is 0 Å². The predicted molar refractivity (Wildman–Crippen MR) is 93.7 cm³/mol. The second kappa shape index (κ2) is 7.52. The summed E-state index contributed by atoms with van der Waals surface area (Å²) in [5.41, 5.74) is 1.21. The van der Waals surface area contributed by atoms with Gasteiger partial charge >= 0.3 is 0 Å². The average molecular weight is 352 g/mol. The highest BCUT2D eigenvalue weighted by atomic mass is 16.5. The second-order valence-corrected chi connectivity index (χ2v) is 5.47. The van der Waals surface area contributed by atoms with Crippen molar-refractivity contribution in [2.75, 3.05) is 7.05 Å². The number of rotatable bonds is 6. The Morgan fingerprint density at radius 2 is 1.77 bits per heavy atom. The standard InChI is InChI=1S/C19H16N2O5/c1-20-18(23)17(19(24)21-11-22)12-2-4-14(5-3-12)26-15-6-7-16-13(10-15)8-9-25-16/h2-11,17H,1H3,(H,20,23)(H,21,22,24). The zero-order chi connectivity index (χ0) is 18.5. The van der Waals surface area contributed by atoms with E-state index in [0.717, 1.165) is 11.0 Å². The highest BCUT2D eigenvalue weighted by Crippen LogP contribution is 2.27. The van der Waals surface area contributed by atoms with E-state index in [4.69, 9.17) is 9.15 Å². The lowest BCUT2D eigenvalue weighted by Crippen LogP contribution is -2.37. The lowest BCUT2D eigenvalue weighted by Gasteiger charge is -2.14. The molecule has 7 nitrogen and oxygen atoms in total. The summed E-state index contributed by atoms with van der Waals surface area (Å²) in [5, 5.41) is 5.34. The van der Waals surface area contributed by atoms with E-state index >= 15 is 0 Å². The molecule has 0 saturated carbocycles. The Morgan fingerprint density at radius 1 is 1.04 bits per heavy atom. The fourth-order valence-electron chi connectivity index (χ4n) is 2.58. The molecule has 2 N–H and O–H groups in total. The topological polar surface area (TPSA) is 97.6 Å². The maximum Gasteiger partial charge on any atom is 0.243 e. The van der Waals surface area contributed by atoms with Gasteiger partial charge in [-0.2, -0.15) is 0 Å². The first-order valence-electron chi connectivity index (χ1n) is 7.83. The van der Waals surface area contributed by atoms with E-state index in [9.17, 15) is 14.4 Å². The zero-order valence-electron chi connectivity index (χ0n) is 13.9. The summed E-state index contributed by atoms with van der Waals surface area (Å²) >= 11 is 0. The van der Waals surface area contributed by atoms with Gasteiger partial charge < -0.3 is 14.5 Å². The molecule has 3 amide bonds. The van der Waals surface area contributed by atoms with Crippen LogP contribution in [0.1, 0.15) is 11.5 Å². The number of benzene rings is 2. The van der Waals surface area contributed by atoms with Crippen molar-refractivity contribution in [3.05, 3.63) is 60.4 Å². The number of likely N-dealkylation sites (N-methyl/N-ethyl adjacent to an activating group) is 1. The largest absolute Gasteiger partial charge is 0.464 e. The van der Waals surface area contributed by atoms with Gasteiger partial charge in [0.25, 0.3) is 0 Å². The summed E-state index contributed by atoms with van der Waals surface area (Å²) in [7, 11) is 1.42. The number of fused-ring (bicyclic) bond motifs is 1. The van der Waals surface area contributed by atoms with Crippen molar-refractivity contribution >= 4 is 29.2 Å². The lowest BCUT2D eigenvalue weighted by molar-refractivity contribution is -0.132. The van der Waals surface area contributed by atoms with Crippen LogP contribution in [0.2, 0.25) is 0 Å². The van der Waals surface area contributed by atoms with Gasteiger partial charge in [0.15, 0.2) is 0 Å². The summed E-state index contributed by atoms with van der Waals surface area (Å²) in [4.78, 5) is 34.5. The van der Waals surface area contributed by atoms with Crippen LogP contribution in [0.4, 0.5) is 0 Å². The molecule has 0 bridgehead atoms. The third-order valence-corrected chi connectivity index (χ3v) is 3.84. The molecule has 2 aromatic carbocycles. The molecule has 3 aromatic rings. The molecule has 0 fully saturated rings. The van der Waals surface area contributed by atoms with Gasteiger partial charge in [0.05, 0.1) is 6.26 Å². The number of imide groups is 1. The third-order valence-electron chi connectivity index (χ3n) is 3.84. The van der Waals surface area contributed by atoms with Gasteiger partial charge in [0.2, 0.25) is 18.2 Å². The first-order valence-corrected chi connectivity index (χ1v) is 7.83. The highest BCUT2D eigenvalue weighted by Gasteiger charge is 2.27. The van der Waals surface area contributed by atoms with Crippen molar-refractivity contribution < 1.29 is 23.5 Å². The van der Waals surface area contributed by atoms with Crippen LogP contribution in [-0.4, -0.2) is 25.3 Å². The average Bonchev–Trinajstić information content (AvgIpc) is 3.11. The molecule has 0 radical (unpaired) electrons. The molecule has 0 aliphatic rings. The molecular weight excluding hydrogens is 336 g/mol. The quantitative estimate of drug-likeness (QED) is 0.524. The van der Waals surface area contributed by atoms with E-state index < -0.39 is 17.7 Å². The number of hydrogen-bond acceptors (Lipinski definition) is 5. The Labute approximate surface area is 148 Å². The third kappa shape index (κ3) is 3.56. The molecule has 1 heterocycles. The summed E-state index contributed by atoms with van der Waals surface area (Å²) in [6, 6.07) is 13.8. The van der Waals surface area contributed by atoms with Crippen LogP contribution in [0.25, 0.3) is 11.0 Å². The normalized spacial score (nSPS) is 11.6. The maximum atomic E-state index is 12.0. The van der Waals surface area contributed by atoms with E-state index in [1.165, 1.54) is 7.05 Å². The fraction of sp³-hybridized carbons (Fsp3) is 0.105. The van der Waals surface area contributed by atoms with Crippen molar-refractivity contribution in [3.63, 3.8) is 0 Å². The monoisotopic (exact) mass is 352 g/mol. The Balaban J connectivity index is 1.80. The Bertz CT molecular complexity index is 946. The molecule has 3 rings (SSSR count). The Morgan fingerprint density at radius 3 is 2.46 bits per heavy atom. The van der Waals surface area contributed by atoms with Gasteiger partial charge in [-0.15, -0.1) is 0 Å². The first-order chi connectivity index (χ1) is 12.6. The number of carbonyl (C=O) groups is 3. The predicted octanol–water partition coefficient (Wildman–Crippen LogP) is 2.33. The molecule has 1 aromatic heterocycles. The van der Waals surface area contributed by atoms with Crippen LogP contribution < -0.4 is 15.4 Å². The van der Waals surface area contributed by atoms with Gasteiger partial charge in [0.1, 0.15) is 23.0 Å². The number of hydrogen-bond donors (Lipinski definition) is 2. The van der Waals surface area contributed by atoms with Crippen LogP contribution in [0.15, 0.2) is 59.2 Å². The van der Waals surface area contributed by atoms with Crippen molar-refractivity contribution in [1.82, 2.24) is 10.6 Å². The molecule has 0 aliphatic carbocycles. The van der Waals surface area contributed by atoms with Crippen molar-refractivity contribution in [3.8, 4) is 11.5 Å². The number of furan rings is 1. The highest BCUT2D eigenvalue weighted by molar-refractivity contribution is 6.08.